The Morgan fingerprint density at radius 1 is 0.390 bits per heavy atom. The number of hydrogen-bond donors (Lipinski definition) is 0. The zero-order valence-electron chi connectivity index (χ0n) is 55.2. The van der Waals surface area contributed by atoms with Gasteiger partial charge >= 0.3 is 6.15 Å². The second-order valence-electron chi connectivity index (χ2n) is 29.4. The summed E-state index contributed by atoms with van der Waals surface area (Å²) in [6, 6.07) is 38.9. The van der Waals surface area contributed by atoms with Gasteiger partial charge in [0.15, 0.2) is 0 Å². The van der Waals surface area contributed by atoms with Crippen molar-refractivity contribution in [1.82, 2.24) is 0 Å². The topological polar surface area (TPSA) is 113 Å². The molecule has 7 aromatic heterocycles. The lowest BCUT2D eigenvalue weighted by atomic mass is 9.75. The summed E-state index contributed by atoms with van der Waals surface area (Å²) in [6.07, 6.45) is 12.4. The van der Waals surface area contributed by atoms with E-state index >= 15 is 0 Å². The number of carbonyl (C=O) groups excluding carboxylic acids is 2. The van der Waals surface area contributed by atoms with Crippen LogP contribution < -0.4 is 0 Å². The van der Waals surface area contributed by atoms with Crippen molar-refractivity contribution in [2.24, 2.45) is 37.9 Å². The fourth-order valence-electron chi connectivity index (χ4n) is 8.17. The molecular weight excluding hydrogens is 1040 g/mol. The second kappa shape index (κ2) is 34.6. The molecule has 0 radical (unpaired) electrons. The molecule has 9 heteroatoms. The van der Waals surface area contributed by atoms with Crippen molar-refractivity contribution in [2.45, 2.75) is 210 Å². The minimum absolute atomic E-state index is 0.152. The first kappa shape index (κ1) is 74.0. The van der Waals surface area contributed by atoms with E-state index < -0.39 is 0 Å². The van der Waals surface area contributed by atoms with E-state index in [2.05, 4.69) is 212 Å². The van der Waals surface area contributed by atoms with Gasteiger partial charge in [0.1, 0.15) is 46.1 Å². The van der Waals surface area contributed by atoms with Crippen molar-refractivity contribution in [3.05, 3.63) is 202 Å². The molecule has 0 saturated heterocycles. The van der Waals surface area contributed by atoms with Gasteiger partial charge in [-0.05, 0) is 148 Å². The standard InChI is InChI=1S/C15H18O.3C10H16O.2C9H14O.C9H14S.CO2/c1-15(2,3)14(13-10-7-11-16-13)12-8-5-4-6-9-12;2*1-8-5-6-9(11-8)7-10(2,3)4;1-8(10(2,3)4)9-6-5-7-11-9;3*1-9(2,3)7-8-5-4-6-10-8;2-1-3/h4-11,14H,1-3H3;2*5-6H,7H2,1-4H3;5-8H,1-4H3;3*4-6H,7H2,1-3H3;. The van der Waals surface area contributed by atoms with Crippen LogP contribution in [0.15, 0.2) is 172 Å². The molecule has 8 nitrogen and oxygen atoms in total. The van der Waals surface area contributed by atoms with Crippen molar-refractivity contribution in [3.8, 4) is 0 Å². The Hall–Kier alpha value is -6.02. The monoisotopic (exact) mass is 1140 g/mol. The third-order valence-electron chi connectivity index (χ3n) is 12.0. The zero-order valence-corrected chi connectivity index (χ0v) is 56.0. The molecule has 0 aliphatic rings. The number of aryl methyl sites for hydroxylation is 2. The third kappa shape index (κ3) is 36.4. The second-order valence-corrected chi connectivity index (χ2v) is 30.4. The number of benzene rings is 1. The van der Waals surface area contributed by atoms with E-state index in [0.717, 1.165) is 71.8 Å². The summed E-state index contributed by atoms with van der Waals surface area (Å²) in [7, 11) is 0. The highest BCUT2D eigenvalue weighted by molar-refractivity contribution is 7.09. The van der Waals surface area contributed by atoms with Gasteiger partial charge in [-0.2, -0.15) is 9.59 Å². The Labute approximate surface area is 501 Å². The van der Waals surface area contributed by atoms with E-state index in [1.807, 2.05) is 85.8 Å². The highest BCUT2D eigenvalue weighted by Crippen LogP contribution is 2.40. The summed E-state index contributed by atoms with van der Waals surface area (Å²) < 4.78 is 32.2. The van der Waals surface area contributed by atoms with E-state index in [9.17, 15) is 0 Å². The van der Waals surface area contributed by atoms with Crippen LogP contribution in [0.3, 0.4) is 0 Å². The Morgan fingerprint density at radius 3 is 1.04 bits per heavy atom. The lowest BCUT2D eigenvalue weighted by Crippen LogP contribution is -2.19. The predicted molar refractivity (Wildman–Crippen MR) is 342 cm³/mol. The molecule has 0 amide bonds. The Morgan fingerprint density at radius 2 is 0.756 bits per heavy atom. The van der Waals surface area contributed by atoms with E-state index in [-0.39, 0.29) is 17.0 Å². The molecule has 2 unspecified atom stereocenters. The quantitative estimate of drug-likeness (QED) is 0.148. The molecule has 0 N–H and O–H groups in total. The van der Waals surface area contributed by atoms with Gasteiger partial charge in [0.2, 0.25) is 0 Å². The minimum atomic E-state index is 0.152. The maximum atomic E-state index is 8.12. The fourth-order valence-corrected chi connectivity index (χ4v) is 9.18. The van der Waals surface area contributed by atoms with Gasteiger partial charge in [-0.15, -0.1) is 11.3 Å². The molecular formula is C73H108O8S. The van der Waals surface area contributed by atoms with Gasteiger partial charge in [-0.3, -0.25) is 0 Å². The molecule has 0 spiro atoms. The van der Waals surface area contributed by atoms with Crippen LogP contribution in [-0.4, -0.2) is 6.15 Å². The molecule has 0 aliphatic heterocycles. The molecule has 0 bridgehead atoms. The summed E-state index contributed by atoms with van der Waals surface area (Å²) in [5.74, 6) is 9.26. The van der Waals surface area contributed by atoms with Gasteiger partial charge in [-0.25, -0.2) is 0 Å². The lowest BCUT2D eigenvalue weighted by Gasteiger charge is -2.29. The van der Waals surface area contributed by atoms with Crippen LogP contribution in [0.25, 0.3) is 0 Å². The third-order valence-corrected chi connectivity index (χ3v) is 12.8. The molecule has 82 heavy (non-hydrogen) atoms. The smallest absolute Gasteiger partial charge is 0.373 e. The Bertz CT molecular complexity index is 2620. The van der Waals surface area contributed by atoms with E-state index in [1.165, 1.54) is 16.9 Å². The maximum absolute atomic E-state index is 8.12. The number of thiophene rings is 1. The molecule has 454 valence electrons. The van der Waals surface area contributed by atoms with Crippen molar-refractivity contribution in [2.75, 3.05) is 0 Å². The average molecular weight is 1150 g/mol. The Balaban J connectivity index is 0.000000477. The first-order valence-corrected chi connectivity index (χ1v) is 29.9. The van der Waals surface area contributed by atoms with Gasteiger partial charge in [0.25, 0.3) is 0 Å². The number of rotatable bonds is 8. The highest BCUT2D eigenvalue weighted by atomic mass is 32.1. The van der Waals surface area contributed by atoms with Crippen LogP contribution in [0, 0.1) is 51.8 Å². The molecule has 2 atom stereocenters. The summed E-state index contributed by atoms with van der Waals surface area (Å²) in [6.45, 7) is 52.9. The molecule has 7 heterocycles. The molecule has 8 aromatic rings. The van der Waals surface area contributed by atoms with Gasteiger partial charge in [0, 0.05) is 42.4 Å². The SMILES string of the molecule is CC(C)(C)C(c1ccccc1)c1ccco1.CC(C)(C)Cc1ccco1.CC(C)(C)Cc1ccco1.CC(C)(C)Cc1cccs1.CC(c1ccco1)C(C)(C)C.Cc1ccc(CC(C)(C)C)o1.Cc1ccc(CC(C)(C)C)o1.O=C=O. The van der Waals surface area contributed by atoms with E-state index in [4.69, 9.17) is 36.1 Å². The molecule has 0 saturated carbocycles. The average Bonchev–Trinajstić information content (AvgIpc) is 4.17. The van der Waals surface area contributed by atoms with Crippen LogP contribution >= 0.6 is 11.3 Å². The van der Waals surface area contributed by atoms with Gasteiger partial charge in [-0.1, -0.05) is 189 Å². The molecule has 1 aromatic carbocycles. The number of furan rings is 6. The largest absolute Gasteiger partial charge is 0.469 e. The highest BCUT2D eigenvalue weighted by Gasteiger charge is 2.30. The molecule has 0 aliphatic carbocycles. The summed E-state index contributed by atoms with van der Waals surface area (Å²) in [5, 5.41) is 2.14. The summed E-state index contributed by atoms with van der Waals surface area (Å²) in [5.41, 5.74) is 3.50. The van der Waals surface area contributed by atoms with Crippen LogP contribution in [0.4, 0.5) is 0 Å². The molecule has 8 rings (SSSR count). The zero-order chi connectivity index (χ0) is 62.6. The maximum Gasteiger partial charge on any atom is 0.373 e. The lowest BCUT2D eigenvalue weighted by molar-refractivity contribution is -0.191. The predicted octanol–water partition coefficient (Wildman–Crippen LogP) is 22.7. The van der Waals surface area contributed by atoms with Crippen LogP contribution in [-0.2, 0) is 41.7 Å². The van der Waals surface area contributed by atoms with Crippen LogP contribution in [0.5, 0.6) is 0 Å². The van der Waals surface area contributed by atoms with Crippen LogP contribution in [0.1, 0.15) is 221 Å². The first-order chi connectivity index (χ1) is 37.7. The summed E-state index contributed by atoms with van der Waals surface area (Å²) in [4.78, 5) is 17.7. The Kier molecular flexibility index (Phi) is 31.2. The van der Waals surface area contributed by atoms with Crippen LogP contribution in [0.2, 0.25) is 0 Å². The van der Waals surface area contributed by atoms with Gasteiger partial charge < -0.3 is 26.5 Å². The normalized spacial score (nSPS) is 12.3. The number of hydrogen-bond acceptors (Lipinski definition) is 9. The van der Waals surface area contributed by atoms with Crippen molar-refractivity contribution in [1.29, 1.82) is 0 Å². The van der Waals surface area contributed by atoms with Crippen molar-refractivity contribution < 1.29 is 36.1 Å². The van der Waals surface area contributed by atoms with Crippen molar-refractivity contribution >= 4 is 17.5 Å². The fraction of sp³-hybridized carbons (Fsp3) is 0.521. The van der Waals surface area contributed by atoms with Gasteiger partial charge in [0.05, 0.1) is 25.1 Å². The minimum Gasteiger partial charge on any atom is -0.469 e. The first-order valence-electron chi connectivity index (χ1n) is 29.0. The van der Waals surface area contributed by atoms with E-state index in [0.29, 0.717) is 38.9 Å². The van der Waals surface area contributed by atoms with E-state index in [1.54, 1.807) is 25.1 Å². The molecule has 0 fully saturated rings. The summed E-state index contributed by atoms with van der Waals surface area (Å²) >= 11 is 1.85. The van der Waals surface area contributed by atoms with Crippen molar-refractivity contribution in [3.63, 3.8) is 0 Å².